The molecular weight excluding hydrogens is 288 g/mol. The summed E-state index contributed by atoms with van der Waals surface area (Å²) < 4.78 is 15.7. The fourth-order valence-electron chi connectivity index (χ4n) is 4.19. The Morgan fingerprint density at radius 2 is 1.87 bits per heavy atom. The molecule has 4 nitrogen and oxygen atoms in total. The molecule has 2 atom stereocenters. The van der Waals surface area contributed by atoms with Crippen molar-refractivity contribution in [2.75, 3.05) is 14.2 Å². The summed E-state index contributed by atoms with van der Waals surface area (Å²) in [6, 6.07) is 6.49. The summed E-state index contributed by atoms with van der Waals surface area (Å²) in [6.45, 7) is 2.27. The zero-order chi connectivity index (χ0) is 16.0. The van der Waals surface area contributed by atoms with E-state index in [9.17, 15) is 0 Å². The van der Waals surface area contributed by atoms with Gasteiger partial charge in [0.15, 0.2) is 17.2 Å². The van der Waals surface area contributed by atoms with Crippen molar-refractivity contribution in [2.45, 2.75) is 32.2 Å². The number of ether oxygens (including phenoxy) is 2. The molecule has 1 aliphatic heterocycles. The van der Waals surface area contributed by atoms with Crippen LogP contribution in [0.25, 0.3) is 11.8 Å². The topological polar surface area (TPSA) is 27.3 Å². The molecule has 4 rings (SSSR count). The highest BCUT2D eigenvalue weighted by Gasteiger charge is 2.38. The number of hydrogen-bond donors (Lipinski definition) is 0. The van der Waals surface area contributed by atoms with Crippen molar-refractivity contribution in [1.29, 1.82) is 0 Å². The fraction of sp³-hybridized carbons (Fsp3) is 0.421. The Hall–Kier alpha value is -2.23. The second-order valence-corrected chi connectivity index (χ2v) is 6.49. The smallest absolute Gasteiger partial charge is 0.249 e. The van der Waals surface area contributed by atoms with E-state index in [1.165, 1.54) is 30.5 Å². The molecule has 120 valence electrons. The first-order chi connectivity index (χ1) is 11.2. The van der Waals surface area contributed by atoms with E-state index in [1.54, 1.807) is 14.2 Å². The van der Waals surface area contributed by atoms with Crippen LogP contribution in [-0.2, 0) is 0 Å². The third kappa shape index (κ3) is 2.16. The molecule has 2 aromatic rings. The van der Waals surface area contributed by atoms with Gasteiger partial charge in [-0.05, 0) is 44.4 Å². The highest BCUT2D eigenvalue weighted by atomic mass is 16.5. The zero-order valence-corrected chi connectivity index (χ0v) is 14.0. The van der Waals surface area contributed by atoms with Crippen LogP contribution in [0.3, 0.4) is 0 Å². The molecule has 1 saturated carbocycles. The molecule has 1 aliphatic carbocycles. The number of allylic oxidation sites excluding steroid dienone is 1. The van der Waals surface area contributed by atoms with E-state index in [4.69, 9.17) is 9.47 Å². The molecule has 4 heteroatoms. The lowest BCUT2D eigenvalue weighted by molar-refractivity contribution is -0.596. The van der Waals surface area contributed by atoms with Gasteiger partial charge < -0.3 is 9.47 Å². The van der Waals surface area contributed by atoms with Gasteiger partial charge in [-0.25, -0.2) is 4.57 Å². The van der Waals surface area contributed by atoms with Gasteiger partial charge in [-0.1, -0.05) is 11.6 Å². The average molecular weight is 311 g/mol. The van der Waals surface area contributed by atoms with Gasteiger partial charge in [0.2, 0.25) is 12.0 Å². The van der Waals surface area contributed by atoms with Gasteiger partial charge in [0.25, 0.3) is 0 Å². The summed E-state index contributed by atoms with van der Waals surface area (Å²) in [5.41, 5.74) is 3.73. The van der Waals surface area contributed by atoms with Crippen LogP contribution in [0.5, 0.6) is 11.5 Å². The summed E-state index contributed by atoms with van der Waals surface area (Å²) >= 11 is 0. The Morgan fingerprint density at radius 1 is 1.13 bits per heavy atom. The van der Waals surface area contributed by atoms with Gasteiger partial charge in [-0.2, -0.15) is 4.57 Å². The molecule has 0 bridgehead atoms. The normalized spacial score (nSPS) is 22.3. The summed E-state index contributed by atoms with van der Waals surface area (Å²) in [6.07, 6.45) is 10.6. The Bertz CT molecular complexity index is 753. The predicted molar refractivity (Wildman–Crippen MR) is 89.1 cm³/mol. The van der Waals surface area contributed by atoms with Crippen molar-refractivity contribution in [3.05, 3.63) is 42.0 Å². The predicted octanol–water partition coefficient (Wildman–Crippen LogP) is 3.54. The monoisotopic (exact) mass is 311 g/mol. The molecule has 2 unspecified atom stereocenters. The van der Waals surface area contributed by atoms with Crippen molar-refractivity contribution in [3.8, 4) is 17.2 Å². The van der Waals surface area contributed by atoms with Gasteiger partial charge in [0.1, 0.15) is 12.2 Å². The van der Waals surface area contributed by atoms with Crippen LogP contribution in [0.1, 0.15) is 37.9 Å². The molecule has 0 spiro atoms. The van der Waals surface area contributed by atoms with Gasteiger partial charge in [0.05, 0.1) is 14.2 Å². The fourth-order valence-corrected chi connectivity index (χ4v) is 4.19. The maximum Gasteiger partial charge on any atom is 0.249 e. The van der Waals surface area contributed by atoms with E-state index in [0.717, 1.165) is 17.2 Å². The lowest BCUT2D eigenvalue weighted by Gasteiger charge is -2.22. The summed E-state index contributed by atoms with van der Waals surface area (Å²) in [7, 11) is 3.40. The lowest BCUT2D eigenvalue weighted by Crippen LogP contribution is -2.29. The average Bonchev–Trinajstić information content (AvgIpc) is 3.20. The number of aromatic nitrogens is 2. The lowest BCUT2D eigenvalue weighted by atomic mass is 9.91. The van der Waals surface area contributed by atoms with Gasteiger partial charge >= 0.3 is 0 Å². The second-order valence-electron chi connectivity index (χ2n) is 6.49. The molecule has 0 N–H and O–H groups in total. The molecule has 1 aromatic carbocycles. The van der Waals surface area contributed by atoms with Crippen LogP contribution in [0.2, 0.25) is 0 Å². The standard InChI is InChI=1S/C19H23N2O2/c1-13-10-14-11-20(12-21(14)16-7-4-6-15(13)16)19-17(22-2)8-5-9-18(19)23-3/h5,8-12,15-16H,4,6-7H2,1-3H3/q+1. The minimum absolute atomic E-state index is 0.594. The minimum Gasteiger partial charge on any atom is -0.492 e. The number of para-hydroxylation sites is 1. The first-order valence-corrected chi connectivity index (χ1v) is 8.25. The Labute approximate surface area is 137 Å². The van der Waals surface area contributed by atoms with Crippen molar-refractivity contribution in [1.82, 2.24) is 4.57 Å². The third-order valence-electron chi connectivity index (χ3n) is 5.28. The molecule has 1 fully saturated rings. The Kier molecular flexibility index (Phi) is 3.40. The van der Waals surface area contributed by atoms with Gasteiger partial charge in [-0.3, -0.25) is 0 Å². The minimum atomic E-state index is 0.594. The Morgan fingerprint density at radius 3 is 2.57 bits per heavy atom. The van der Waals surface area contributed by atoms with E-state index in [1.807, 2.05) is 18.2 Å². The molecule has 1 aromatic heterocycles. The van der Waals surface area contributed by atoms with E-state index in [-0.39, 0.29) is 0 Å². The molecule has 0 saturated heterocycles. The first-order valence-electron chi connectivity index (χ1n) is 8.25. The summed E-state index contributed by atoms with van der Waals surface area (Å²) in [4.78, 5) is 0. The molecular formula is C19H23N2O2+. The van der Waals surface area contributed by atoms with Crippen molar-refractivity contribution >= 4 is 6.08 Å². The van der Waals surface area contributed by atoms with Gasteiger partial charge in [-0.15, -0.1) is 0 Å². The number of methoxy groups -OCH3 is 2. The Balaban J connectivity index is 1.86. The number of fused-ring (bicyclic) bond motifs is 3. The van der Waals surface area contributed by atoms with Crippen LogP contribution in [0, 0.1) is 5.92 Å². The SMILES string of the molecule is COc1cccc(OC)c1-[n+]1cc2n(c1)C1CCCC1C(C)=C2. The molecule has 0 amide bonds. The third-order valence-corrected chi connectivity index (χ3v) is 5.28. The van der Waals surface area contributed by atoms with E-state index in [0.29, 0.717) is 12.0 Å². The molecule has 0 radical (unpaired) electrons. The molecule has 2 aliphatic rings. The number of benzene rings is 1. The van der Waals surface area contributed by atoms with Crippen molar-refractivity contribution in [2.24, 2.45) is 5.92 Å². The highest BCUT2D eigenvalue weighted by Crippen LogP contribution is 2.44. The quantitative estimate of drug-likeness (QED) is 0.811. The number of nitrogens with zero attached hydrogens (tertiary/aromatic N) is 2. The van der Waals surface area contributed by atoms with Crippen LogP contribution in [0.4, 0.5) is 0 Å². The maximum atomic E-state index is 5.56. The number of hydrogen-bond acceptors (Lipinski definition) is 2. The van der Waals surface area contributed by atoms with Crippen LogP contribution >= 0.6 is 0 Å². The van der Waals surface area contributed by atoms with Crippen LogP contribution in [0.15, 0.2) is 36.3 Å². The largest absolute Gasteiger partial charge is 0.492 e. The number of imidazole rings is 1. The number of rotatable bonds is 3. The van der Waals surface area contributed by atoms with Crippen molar-refractivity contribution < 1.29 is 14.0 Å². The maximum absolute atomic E-state index is 5.56. The van der Waals surface area contributed by atoms with Crippen molar-refractivity contribution in [3.63, 3.8) is 0 Å². The van der Waals surface area contributed by atoms with Gasteiger partial charge in [0, 0.05) is 5.92 Å². The van der Waals surface area contributed by atoms with Crippen LogP contribution in [-0.4, -0.2) is 18.8 Å². The van der Waals surface area contributed by atoms with E-state index < -0.39 is 0 Å². The summed E-state index contributed by atoms with van der Waals surface area (Å²) in [5, 5.41) is 0. The molecule has 23 heavy (non-hydrogen) atoms. The molecule has 2 heterocycles. The van der Waals surface area contributed by atoms with Crippen LogP contribution < -0.4 is 14.0 Å². The first kappa shape index (κ1) is 14.4. The summed E-state index contributed by atoms with van der Waals surface area (Å²) in [5.74, 6) is 2.34. The zero-order valence-electron chi connectivity index (χ0n) is 14.0. The van der Waals surface area contributed by atoms with E-state index >= 15 is 0 Å². The van der Waals surface area contributed by atoms with E-state index in [2.05, 4.69) is 34.7 Å². The highest BCUT2D eigenvalue weighted by molar-refractivity contribution is 5.54. The second kappa shape index (κ2) is 5.44.